The van der Waals surface area contributed by atoms with Gasteiger partial charge in [-0.3, -0.25) is 9.78 Å². The Labute approximate surface area is 163 Å². The van der Waals surface area contributed by atoms with Gasteiger partial charge in [-0.15, -0.1) is 0 Å². The Morgan fingerprint density at radius 1 is 1.11 bits per heavy atom. The minimum atomic E-state index is -0.130. The van der Waals surface area contributed by atoms with Gasteiger partial charge >= 0.3 is 0 Å². The summed E-state index contributed by atoms with van der Waals surface area (Å²) in [6, 6.07) is 13.3. The van der Waals surface area contributed by atoms with E-state index in [1.807, 2.05) is 57.2 Å². The van der Waals surface area contributed by atoms with Crippen molar-refractivity contribution in [1.82, 2.24) is 9.97 Å². The van der Waals surface area contributed by atoms with Crippen LogP contribution >= 0.6 is 11.6 Å². The maximum absolute atomic E-state index is 12.5. The summed E-state index contributed by atoms with van der Waals surface area (Å²) in [5.74, 6) is 0.471. The topological polar surface area (TPSA) is 66.9 Å². The fourth-order valence-corrected chi connectivity index (χ4v) is 3.03. The first-order valence-corrected chi connectivity index (χ1v) is 9.03. The Kier molecular flexibility index (Phi) is 5.72. The number of hydrogen-bond acceptors (Lipinski definition) is 4. The second-order valence-corrected chi connectivity index (χ2v) is 6.88. The molecular weight excluding hydrogens is 360 g/mol. The molecule has 0 aliphatic heterocycles. The molecule has 6 heteroatoms. The molecule has 0 saturated heterocycles. The van der Waals surface area contributed by atoms with E-state index < -0.39 is 0 Å². The van der Waals surface area contributed by atoms with Gasteiger partial charge in [-0.1, -0.05) is 35.4 Å². The number of carbonyl (C=O) groups is 1. The fraction of sp³-hybridized carbons (Fsp3) is 0.190. The zero-order valence-corrected chi connectivity index (χ0v) is 16.2. The maximum atomic E-state index is 12.5. The standard InChI is InChI=1S/C21H21ClN4O/c1-13-5-4-6-16(9-13)21(27)25-17-8-7-14(2)18(10-17)15(3)24-20-12-23-11-19(22)26-20/h4-12,15H,1-3H3,(H,24,26)(H,25,27)/t15-/m0/s1. The van der Waals surface area contributed by atoms with Crippen LogP contribution in [0.3, 0.4) is 0 Å². The molecule has 0 saturated carbocycles. The maximum Gasteiger partial charge on any atom is 0.255 e. The number of rotatable bonds is 5. The van der Waals surface area contributed by atoms with Gasteiger partial charge in [0, 0.05) is 11.3 Å². The number of nitrogens with zero attached hydrogens (tertiary/aromatic N) is 2. The van der Waals surface area contributed by atoms with Crippen LogP contribution in [-0.4, -0.2) is 15.9 Å². The number of nitrogens with one attached hydrogen (secondary N) is 2. The molecule has 138 valence electrons. The lowest BCUT2D eigenvalue weighted by molar-refractivity contribution is 0.102. The Morgan fingerprint density at radius 3 is 2.67 bits per heavy atom. The quantitative estimate of drug-likeness (QED) is 0.640. The summed E-state index contributed by atoms with van der Waals surface area (Å²) in [5, 5.41) is 6.59. The van der Waals surface area contributed by atoms with Gasteiger partial charge in [0.15, 0.2) is 0 Å². The zero-order valence-electron chi connectivity index (χ0n) is 15.5. The predicted octanol–water partition coefficient (Wildman–Crippen LogP) is 5.17. The SMILES string of the molecule is Cc1cccc(C(=O)Nc2ccc(C)c([C@H](C)Nc3cncc(Cl)n3)c2)c1. The molecule has 2 aromatic carbocycles. The summed E-state index contributed by atoms with van der Waals surface area (Å²) >= 11 is 5.90. The van der Waals surface area contributed by atoms with Crippen LogP contribution in [0.5, 0.6) is 0 Å². The minimum Gasteiger partial charge on any atom is -0.362 e. The number of aromatic nitrogens is 2. The van der Waals surface area contributed by atoms with E-state index in [1.165, 1.54) is 6.20 Å². The number of halogens is 1. The third-order valence-corrected chi connectivity index (χ3v) is 4.44. The summed E-state index contributed by atoms with van der Waals surface area (Å²) in [7, 11) is 0. The average Bonchev–Trinajstić information content (AvgIpc) is 2.63. The molecule has 0 aliphatic rings. The molecule has 1 heterocycles. The Bertz CT molecular complexity index is 974. The molecular formula is C21H21ClN4O. The first-order chi connectivity index (χ1) is 12.9. The lowest BCUT2D eigenvalue weighted by Gasteiger charge is -2.18. The van der Waals surface area contributed by atoms with Gasteiger partial charge in [-0.2, -0.15) is 0 Å². The highest BCUT2D eigenvalue weighted by Gasteiger charge is 2.12. The van der Waals surface area contributed by atoms with Crippen LogP contribution in [0.1, 0.15) is 40.0 Å². The Balaban J connectivity index is 1.78. The molecule has 2 N–H and O–H groups in total. The third kappa shape index (κ3) is 4.83. The van der Waals surface area contributed by atoms with Crippen molar-refractivity contribution in [1.29, 1.82) is 0 Å². The zero-order chi connectivity index (χ0) is 19.4. The van der Waals surface area contributed by atoms with Crippen molar-refractivity contribution in [2.45, 2.75) is 26.8 Å². The second kappa shape index (κ2) is 8.18. The van der Waals surface area contributed by atoms with E-state index in [2.05, 4.69) is 20.6 Å². The fourth-order valence-electron chi connectivity index (χ4n) is 2.89. The summed E-state index contributed by atoms with van der Waals surface area (Å²) in [6.07, 6.45) is 3.12. The van der Waals surface area contributed by atoms with Gasteiger partial charge in [0.1, 0.15) is 11.0 Å². The molecule has 0 radical (unpaired) electrons. The van der Waals surface area contributed by atoms with E-state index in [-0.39, 0.29) is 11.9 Å². The van der Waals surface area contributed by atoms with E-state index in [1.54, 1.807) is 12.3 Å². The van der Waals surface area contributed by atoms with Crippen LogP contribution in [0.25, 0.3) is 0 Å². The molecule has 1 aromatic heterocycles. The summed E-state index contributed by atoms with van der Waals surface area (Å²) in [4.78, 5) is 20.7. The van der Waals surface area contributed by atoms with Gasteiger partial charge < -0.3 is 10.6 Å². The molecule has 5 nitrogen and oxygen atoms in total. The molecule has 0 fully saturated rings. The number of anilines is 2. The van der Waals surface area contributed by atoms with Gasteiger partial charge in [0.05, 0.1) is 18.4 Å². The number of amides is 1. The molecule has 0 unspecified atom stereocenters. The summed E-state index contributed by atoms with van der Waals surface area (Å²) in [5.41, 5.74) is 4.59. The number of aryl methyl sites for hydroxylation is 2. The van der Waals surface area contributed by atoms with Crippen LogP contribution < -0.4 is 10.6 Å². The van der Waals surface area contributed by atoms with E-state index in [0.29, 0.717) is 16.5 Å². The molecule has 1 atom stereocenters. The first kappa shape index (κ1) is 18.9. The third-order valence-electron chi connectivity index (χ3n) is 4.25. The van der Waals surface area contributed by atoms with Gasteiger partial charge in [-0.25, -0.2) is 4.98 Å². The monoisotopic (exact) mass is 380 g/mol. The van der Waals surface area contributed by atoms with Crippen molar-refractivity contribution in [3.05, 3.63) is 82.3 Å². The van der Waals surface area contributed by atoms with E-state index in [4.69, 9.17) is 11.6 Å². The van der Waals surface area contributed by atoms with Crippen LogP contribution in [0.15, 0.2) is 54.9 Å². The molecule has 1 amide bonds. The van der Waals surface area contributed by atoms with E-state index in [0.717, 1.165) is 22.4 Å². The van der Waals surface area contributed by atoms with Crippen molar-refractivity contribution in [3.63, 3.8) is 0 Å². The highest BCUT2D eigenvalue weighted by Crippen LogP contribution is 2.25. The van der Waals surface area contributed by atoms with E-state index >= 15 is 0 Å². The van der Waals surface area contributed by atoms with Crippen molar-refractivity contribution >= 4 is 29.0 Å². The van der Waals surface area contributed by atoms with Gasteiger partial charge in [0.2, 0.25) is 0 Å². The van der Waals surface area contributed by atoms with Crippen molar-refractivity contribution in [3.8, 4) is 0 Å². The predicted molar refractivity (Wildman–Crippen MR) is 109 cm³/mol. The molecule has 0 bridgehead atoms. The summed E-state index contributed by atoms with van der Waals surface area (Å²) < 4.78 is 0. The van der Waals surface area contributed by atoms with Crippen LogP contribution in [0, 0.1) is 13.8 Å². The van der Waals surface area contributed by atoms with Gasteiger partial charge in [-0.05, 0) is 56.2 Å². The van der Waals surface area contributed by atoms with Crippen LogP contribution in [0.4, 0.5) is 11.5 Å². The molecule has 3 aromatic rings. The largest absolute Gasteiger partial charge is 0.362 e. The second-order valence-electron chi connectivity index (χ2n) is 6.49. The van der Waals surface area contributed by atoms with Crippen molar-refractivity contribution < 1.29 is 4.79 Å². The molecule has 0 spiro atoms. The number of benzene rings is 2. The smallest absolute Gasteiger partial charge is 0.255 e. The van der Waals surface area contributed by atoms with E-state index in [9.17, 15) is 4.79 Å². The first-order valence-electron chi connectivity index (χ1n) is 8.65. The lowest BCUT2D eigenvalue weighted by Crippen LogP contribution is -2.14. The van der Waals surface area contributed by atoms with Crippen LogP contribution in [-0.2, 0) is 0 Å². The lowest BCUT2D eigenvalue weighted by atomic mass is 10.0. The Morgan fingerprint density at radius 2 is 1.93 bits per heavy atom. The van der Waals surface area contributed by atoms with Gasteiger partial charge in [0.25, 0.3) is 5.91 Å². The molecule has 0 aliphatic carbocycles. The molecule has 3 rings (SSSR count). The number of hydrogen-bond donors (Lipinski definition) is 2. The van der Waals surface area contributed by atoms with Crippen molar-refractivity contribution in [2.24, 2.45) is 0 Å². The molecule has 27 heavy (non-hydrogen) atoms. The highest BCUT2D eigenvalue weighted by atomic mass is 35.5. The highest BCUT2D eigenvalue weighted by molar-refractivity contribution is 6.29. The van der Waals surface area contributed by atoms with Crippen LogP contribution in [0.2, 0.25) is 5.15 Å². The normalized spacial score (nSPS) is 11.7. The Hall–Kier alpha value is -2.92. The minimum absolute atomic E-state index is 0.0337. The van der Waals surface area contributed by atoms with Crippen molar-refractivity contribution in [2.75, 3.05) is 10.6 Å². The average molecular weight is 381 g/mol. The summed E-state index contributed by atoms with van der Waals surface area (Å²) in [6.45, 7) is 6.02. The number of carbonyl (C=O) groups excluding carboxylic acids is 1.